The maximum atomic E-state index is 6.00. The SMILES string of the molecule is CCCC(Cl)CNCC(C)OC. The van der Waals surface area contributed by atoms with E-state index in [9.17, 15) is 0 Å². The highest BCUT2D eigenvalue weighted by atomic mass is 35.5. The average molecular weight is 194 g/mol. The summed E-state index contributed by atoms with van der Waals surface area (Å²) in [5.74, 6) is 0. The molecule has 12 heavy (non-hydrogen) atoms. The molecule has 0 radical (unpaired) electrons. The molecule has 0 saturated carbocycles. The minimum absolute atomic E-state index is 0.263. The summed E-state index contributed by atoms with van der Waals surface area (Å²) in [6.45, 7) is 5.94. The number of halogens is 1. The van der Waals surface area contributed by atoms with E-state index in [-0.39, 0.29) is 11.5 Å². The number of rotatable bonds is 7. The molecule has 0 amide bonds. The van der Waals surface area contributed by atoms with Crippen LogP contribution < -0.4 is 5.32 Å². The Morgan fingerprint density at radius 1 is 1.42 bits per heavy atom. The Hall–Kier alpha value is 0.210. The van der Waals surface area contributed by atoms with Gasteiger partial charge in [0.2, 0.25) is 0 Å². The van der Waals surface area contributed by atoms with E-state index < -0.39 is 0 Å². The highest BCUT2D eigenvalue weighted by molar-refractivity contribution is 6.20. The molecule has 0 aromatic rings. The zero-order valence-electron chi connectivity index (χ0n) is 8.27. The van der Waals surface area contributed by atoms with Gasteiger partial charge >= 0.3 is 0 Å². The molecule has 0 spiro atoms. The third-order valence-electron chi connectivity index (χ3n) is 1.80. The van der Waals surface area contributed by atoms with Gasteiger partial charge in [-0.15, -0.1) is 11.6 Å². The van der Waals surface area contributed by atoms with Gasteiger partial charge in [0.25, 0.3) is 0 Å². The van der Waals surface area contributed by atoms with Crippen molar-refractivity contribution in [2.24, 2.45) is 0 Å². The standard InChI is InChI=1S/C9H20ClNO/c1-4-5-9(10)7-11-6-8(2)12-3/h8-9,11H,4-7H2,1-3H3. The Balaban J connectivity index is 3.18. The van der Waals surface area contributed by atoms with Gasteiger partial charge in [-0.1, -0.05) is 13.3 Å². The Kier molecular flexibility index (Phi) is 7.98. The molecule has 0 aromatic heterocycles. The van der Waals surface area contributed by atoms with Crippen molar-refractivity contribution in [3.63, 3.8) is 0 Å². The first-order valence-corrected chi connectivity index (χ1v) is 5.01. The van der Waals surface area contributed by atoms with Crippen molar-refractivity contribution in [1.29, 1.82) is 0 Å². The van der Waals surface area contributed by atoms with Gasteiger partial charge in [0.15, 0.2) is 0 Å². The largest absolute Gasteiger partial charge is 0.380 e. The third kappa shape index (κ3) is 6.89. The van der Waals surface area contributed by atoms with Crippen molar-refractivity contribution in [2.75, 3.05) is 20.2 Å². The summed E-state index contributed by atoms with van der Waals surface area (Å²) < 4.78 is 5.09. The molecule has 0 saturated heterocycles. The van der Waals surface area contributed by atoms with Crippen LogP contribution in [0, 0.1) is 0 Å². The van der Waals surface area contributed by atoms with Crippen molar-refractivity contribution in [2.45, 2.75) is 38.2 Å². The molecule has 3 heteroatoms. The molecule has 0 aliphatic carbocycles. The van der Waals surface area contributed by atoms with Crippen LogP contribution in [-0.4, -0.2) is 31.7 Å². The first-order chi connectivity index (χ1) is 5.70. The van der Waals surface area contributed by atoms with E-state index in [1.165, 1.54) is 0 Å². The number of methoxy groups -OCH3 is 1. The van der Waals surface area contributed by atoms with E-state index in [4.69, 9.17) is 16.3 Å². The van der Waals surface area contributed by atoms with Gasteiger partial charge in [-0.25, -0.2) is 0 Å². The molecule has 0 fully saturated rings. The van der Waals surface area contributed by atoms with E-state index in [1.54, 1.807) is 7.11 Å². The lowest BCUT2D eigenvalue weighted by Crippen LogP contribution is -2.30. The van der Waals surface area contributed by atoms with Gasteiger partial charge in [0, 0.05) is 25.6 Å². The number of nitrogens with one attached hydrogen (secondary N) is 1. The van der Waals surface area contributed by atoms with Crippen molar-refractivity contribution in [3.8, 4) is 0 Å². The summed E-state index contributed by atoms with van der Waals surface area (Å²) in [7, 11) is 1.72. The van der Waals surface area contributed by atoms with Crippen LogP contribution in [0.15, 0.2) is 0 Å². The van der Waals surface area contributed by atoms with Crippen molar-refractivity contribution in [1.82, 2.24) is 5.32 Å². The smallest absolute Gasteiger partial charge is 0.0667 e. The van der Waals surface area contributed by atoms with Gasteiger partial charge in [-0.2, -0.15) is 0 Å². The Morgan fingerprint density at radius 3 is 2.58 bits per heavy atom. The van der Waals surface area contributed by atoms with Gasteiger partial charge in [0.1, 0.15) is 0 Å². The third-order valence-corrected chi connectivity index (χ3v) is 2.17. The fraction of sp³-hybridized carbons (Fsp3) is 1.00. The fourth-order valence-electron chi connectivity index (χ4n) is 0.942. The van der Waals surface area contributed by atoms with E-state index in [2.05, 4.69) is 12.2 Å². The lowest BCUT2D eigenvalue weighted by molar-refractivity contribution is 0.117. The number of hydrogen-bond donors (Lipinski definition) is 1. The van der Waals surface area contributed by atoms with Crippen LogP contribution in [0.5, 0.6) is 0 Å². The zero-order chi connectivity index (χ0) is 9.40. The normalized spacial score (nSPS) is 16.0. The Bertz CT molecular complexity index is 101. The minimum atomic E-state index is 0.263. The van der Waals surface area contributed by atoms with Crippen molar-refractivity contribution < 1.29 is 4.74 Å². The van der Waals surface area contributed by atoms with Crippen LogP contribution in [0.25, 0.3) is 0 Å². The van der Waals surface area contributed by atoms with E-state index in [0.717, 1.165) is 25.9 Å². The quantitative estimate of drug-likeness (QED) is 0.625. The Morgan fingerprint density at radius 2 is 2.08 bits per heavy atom. The van der Waals surface area contributed by atoms with Crippen molar-refractivity contribution in [3.05, 3.63) is 0 Å². The number of hydrogen-bond acceptors (Lipinski definition) is 2. The topological polar surface area (TPSA) is 21.3 Å². The highest BCUT2D eigenvalue weighted by Gasteiger charge is 2.03. The molecular weight excluding hydrogens is 174 g/mol. The molecule has 0 aliphatic heterocycles. The molecule has 2 unspecified atom stereocenters. The molecule has 0 aromatic carbocycles. The summed E-state index contributed by atoms with van der Waals surface area (Å²) in [5.41, 5.74) is 0. The summed E-state index contributed by atoms with van der Waals surface area (Å²) in [6.07, 6.45) is 2.50. The predicted octanol–water partition coefficient (Wildman–Crippen LogP) is 2.02. The average Bonchev–Trinajstić information content (AvgIpc) is 2.04. The molecule has 74 valence electrons. The highest BCUT2D eigenvalue weighted by Crippen LogP contribution is 2.02. The molecular formula is C9H20ClNO. The van der Waals surface area contributed by atoms with Crippen molar-refractivity contribution >= 4 is 11.6 Å². The second kappa shape index (κ2) is 7.84. The van der Waals surface area contributed by atoms with Crippen LogP contribution in [0.1, 0.15) is 26.7 Å². The minimum Gasteiger partial charge on any atom is -0.380 e. The first-order valence-electron chi connectivity index (χ1n) is 4.58. The molecule has 0 heterocycles. The van der Waals surface area contributed by atoms with E-state index in [0.29, 0.717) is 0 Å². The monoisotopic (exact) mass is 193 g/mol. The summed E-state index contributed by atoms with van der Waals surface area (Å²) in [5, 5.41) is 3.53. The molecule has 0 rings (SSSR count). The van der Waals surface area contributed by atoms with E-state index in [1.807, 2.05) is 6.92 Å². The maximum Gasteiger partial charge on any atom is 0.0667 e. The van der Waals surface area contributed by atoms with Crippen LogP contribution in [0.4, 0.5) is 0 Å². The van der Waals surface area contributed by atoms with Gasteiger partial charge < -0.3 is 10.1 Å². The van der Waals surface area contributed by atoms with Crippen LogP contribution in [0.2, 0.25) is 0 Å². The summed E-state index contributed by atoms with van der Waals surface area (Å²) >= 11 is 6.00. The second-order valence-electron chi connectivity index (χ2n) is 3.09. The lowest BCUT2D eigenvalue weighted by Gasteiger charge is -2.13. The number of ether oxygens (including phenoxy) is 1. The maximum absolute atomic E-state index is 6.00. The van der Waals surface area contributed by atoms with Gasteiger partial charge in [-0.3, -0.25) is 0 Å². The zero-order valence-corrected chi connectivity index (χ0v) is 9.03. The second-order valence-corrected chi connectivity index (χ2v) is 3.71. The van der Waals surface area contributed by atoms with Gasteiger partial charge in [0.05, 0.1) is 6.10 Å². The fourth-order valence-corrected chi connectivity index (χ4v) is 1.27. The Labute approximate surface area is 80.6 Å². The summed E-state index contributed by atoms with van der Waals surface area (Å²) in [4.78, 5) is 0. The lowest BCUT2D eigenvalue weighted by atomic mass is 10.2. The first kappa shape index (κ1) is 12.2. The molecule has 2 nitrogen and oxygen atoms in total. The van der Waals surface area contributed by atoms with E-state index >= 15 is 0 Å². The molecule has 0 aliphatic rings. The van der Waals surface area contributed by atoms with Crippen LogP contribution in [-0.2, 0) is 4.74 Å². The van der Waals surface area contributed by atoms with Crippen LogP contribution in [0.3, 0.4) is 0 Å². The van der Waals surface area contributed by atoms with Gasteiger partial charge in [-0.05, 0) is 13.3 Å². The number of alkyl halides is 1. The molecule has 0 bridgehead atoms. The predicted molar refractivity (Wildman–Crippen MR) is 53.9 cm³/mol. The molecule has 1 N–H and O–H groups in total. The summed E-state index contributed by atoms with van der Waals surface area (Å²) in [6, 6.07) is 0. The molecule has 2 atom stereocenters. The van der Waals surface area contributed by atoms with Crippen LogP contribution >= 0.6 is 11.6 Å².